The second-order valence-electron chi connectivity index (χ2n) is 6.61. The molecule has 3 N–H and O–H groups in total. The molecule has 0 aliphatic heterocycles. The molecule has 0 aromatic heterocycles. The normalized spacial score (nSPS) is 14.2. The Kier molecular flexibility index (Phi) is 5.96. The maximum atomic E-state index is 12.4. The van der Waals surface area contributed by atoms with Crippen molar-refractivity contribution in [1.82, 2.24) is 4.72 Å². The predicted molar refractivity (Wildman–Crippen MR) is 87.5 cm³/mol. The highest BCUT2D eigenvalue weighted by molar-refractivity contribution is 7.89. The summed E-state index contributed by atoms with van der Waals surface area (Å²) in [5.41, 5.74) is 7.76. The van der Waals surface area contributed by atoms with Crippen molar-refractivity contribution >= 4 is 10.0 Å². The molecule has 1 aromatic rings. The summed E-state index contributed by atoms with van der Waals surface area (Å²) in [6.07, 6.45) is 0.849. The van der Waals surface area contributed by atoms with Crippen molar-refractivity contribution in [3.63, 3.8) is 0 Å². The second kappa shape index (κ2) is 6.90. The van der Waals surface area contributed by atoms with Gasteiger partial charge in [0.05, 0.1) is 4.90 Å². The van der Waals surface area contributed by atoms with Gasteiger partial charge < -0.3 is 5.73 Å². The Morgan fingerprint density at radius 3 is 2.33 bits per heavy atom. The lowest BCUT2D eigenvalue weighted by Gasteiger charge is -2.27. The number of benzene rings is 1. The van der Waals surface area contributed by atoms with Crippen molar-refractivity contribution in [2.24, 2.45) is 17.1 Å². The fourth-order valence-corrected chi connectivity index (χ4v) is 3.11. The Balaban J connectivity index is 2.93. The molecule has 1 aromatic carbocycles. The maximum Gasteiger partial charge on any atom is 0.240 e. The molecule has 0 bridgehead atoms. The number of nitrogens with two attached hydrogens (primary N) is 1. The molecule has 120 valence electrons. The summed E-state index contributed by atoms with van der Waals surface area (Å²) in [5, 5.41) is 0. The van der Waals surface area contributed by atoms with Gasteiger partial charge in [0.15, 0.2) is 0 Å². The third-order valence-electron chi connectivity index (χ3n) is 4.15. The number of rotatable bonds is 6. The first-order valence-corrected chi connectivity index (χ1v) is 8.91. The standard InChI is InChI=1S/C16H28N2O2S/c1-6-13-7-8-15(9-14(13)10-17)21(19,20)18-11-12(2)16(3,4)5/h7-9,12,18H,6,10-11,17H2,1-5H3. The van der Waals surface area contributed by atoms with E-state index in [1.54, 1.807) is 12.1 Å². The van der Waals surface area contributed by atoms with Crippen molar-refractivity contribution in [2.75, 3.05) is 6.54 Å². The van der Waals surface area contributed by atoms with Crippen molar-refractivity contribution < 1.29 is 8.42 Å². The third kappa shape index (κ3) is 4.80. The third-order valence-corrected chi connectivity index (χ3v) is 5.57. The van der Waals surface area contributed by atoms with E-state index in [0.29, 0.717) is 18.0 Å². The summed E-state index contributed by atoms with van der Waals surface area (Å²) in [6, 6.07) is 5.19. The molecule has 1 rings (SSSR count). The maximum absolute atomic E-state index is 12.4. The molecule has 1 unspecified atom stereocenters. The zero-order valence-corrected chi connectivity index (χ0v) is 14.5. The molecule has 0 radical (unpaired) electrons. The molecule has 0 aliphatic carbocycles. The van der Waals surface area contributed by atoms with E-state index in [1.807, 2.05) is 19.9 Å². The van der Waals surface area contributed by atoms with Crippen molar-refractivity contribution in [1.29, 1.82) is 0 Å². The fraction of sp³-hybridized carbons (Fsp3) is 0.625. The molecule has 0 saturated carbocycles. The fourth-order valence-electron chi connectivity index (χ4n) is 1.93. The van der Waals surface area contributed by atoms with E-state index in [4.69, 9.17) is 5.73 Å². The monoisotopic (exact) mass is 312 g/mol. The van der Waals surface area contributed by atoms with Crippen LogP contribution in [0.2, 0.25) is 0 Å². The van der Waals surface area contributed by atoms with Crippen molar-refractivity contribution in [2.45, 2.75) is 52.5 Å². The molecular formula is C16H28N2O2S. The van der Waals surface area contributed by atoms with Gasteiger partial charge in [-0.1, -0.05) is 40.7 Å². The summed E-state index contributed by atoms with van der Waals surface area (Å²) in [7, 11) is -3.48. The van der Waals surface area contributed by atoms with Crippen LogP contribution in [0.1, 0.15) is 45.7 Å². The van der Waals surface area contributed by atoms with Crippen LogP contribution >= 0.6 is 0 Å². The van der Waals surface area contributed by atoms with E-state index in [2.05, 4.69) is 25.5 Å². The van der Waals surface area contributed by atoms with E-state index in [1.165, 1.54) is 0 Å². The predicted octanol–water partition coefficient (Wildman–Crippen LogP) is 2.67. The van der Waals surface area contributed by atoms with E-state index < -0.39 is 10.0 Å². The molecule has 0 aliphatic rings. The first kappa shape index (κ1) is 18.1. The van der Waals surface area contributed by atoms with Gasteiger partial charge in [-0.15, -0.1) is 0 Å². The van der Waals surface area contributed by atoms with Crippen LogP contribution in [0.3, 0.4) is 0 Å². The van der Waals surface area contributed by atoms with Gasteiger partial charge in [-0.3, -0.25) is 0 Å². The summed E-state index contributed by atoms with van der Waals surface area (Å²) >= 11 is 0. The second-order valence-corrected chi connectivity index (χ2v) is 8.37. The van der Waals surface area contributed by atoms with Crippen molar-refractivity contribution in [3.05, 3.63) is 29.3 Å². The van der Waals surface area contributed by atoms with Gasteiger partial charge in [0.25, 0.3) is 0 Å². The Bertz CT molecular complexity index is 574. The average Bonchev–Trinajstić information content (AvgIpc) is 2.42. The molecule has 0 amide bonds. The largest absolute Gasteiger partial charge is 0.326 e. The minimum atomic E-state index is -3.48. The highest BCUT2D eigenvalue weighted by atomic mass is 32.2. The first-order chi connectivity index (χ1) is 9.61. The zero-order chi connectivity index (χ0) is 16.3. The Morgan fingerprint density at radius 1 is 1.24 bits per heavy atom. The van der Waals surface area contributed by atoms with Crippen LogP contribution in [0, 0.1) is 11.3 Å². The Hall–Kier alpha value is -0.910. The van der Waals surface area contributed by atoms with Crippen LogP contribution in [0.15, 0.2) is 23.1 Å². The zero-order valence-electron chi connectivity index (χ0n) is 13.7. The molecule has 0 heterocycles. The summed E-state index contributed by atoms with van der Waals surface area (Å²) in [6.45, 7) is 11.2. The average molecular weight is 312 g/mol. The Labute approximate surface area is 129 Å². The van der Waals surface area contributed by atoms with E-state index in [9.17, 15) is 8.42 Å². The quantitative estimate of drug-likeness (QED) is 0.848. The number of hydrogen-bond donors (Lipinski definition) is 2. The van der Waals surface area contributed by atoms with Crippen LogP contribution in [0.4, 0.5) is 0 Å². The molecular weight excluding hydrogens is 284 g/mol. The lowest BCUT2D eigenvalue weighted by Crippen LogP contribution is -2.33. The highest BCUT2D eigenvalue weighted by Crippen LogP contribution is 2.25. The van der Waals surface area contributed by atoms with Gasteiger partial charge in [-0.25, -0.2) is 13.1 Å². The van der Waals surface area contributed by atoms with Crippen LogP contribution in [-0.4, -0.2) is 15.0 Å². The minimum absolute atomic E-state index is 0.0665. The molecule has 0 spiro atoms. The summed E-state index contributed by atoms with van der Waals surface area (Å²) in [5.74, 6) is 0.246. The van der Waals surface area contributed by atoms with E-state index >= 15 is 0 Å². The Morgan fingerprint density at radius 2 is 1.86 bits per heavy atom. The van der Waals surface area contributed by atoms with E-state index in [0.717, 1.165) is 17.5 Å². The van der Waals surface area contributed by atoms with Crippen LogP contribution < -0.4 is 10.5 Å². The molecule has 0 fully saturated rings. The summed E-state index contributed by atoms with van der Waals surface area (Å²) < 4.78 is 27.5. The van der Waals surface area contributed by atoms with E-state index in [-0.39, 0.29) is 11.3 Å². The molecule has 0 saturated heterocycles. The van der Waals surface area contributed by atoms with Gasteiger partial charge in [0.2, 0.25) is 10.0 Å². The molecule has 4 nitrogen and oxygen atoms in total. The number of nitrogens with one attached hydrogen (secondary N) is 1. The van der Waals surface area contributed by atoms with Crippen LogP contribution in [-0.2, 0) is 23.0 Å². The topological polar surface area (TPSA) is 72.2 Å². The molecule has 21 heavy (non-hydrogen) atoms. The van der Waals surface area contributed by atoms with Gasteiger partial charge in [0, 0.05) is 13.1 Å². The molecule has 1 atom stereocenters. The number of sulfonamides is 1. The smallest absolute Gasteiger partial charge is 0.240 e. The van der Waals surface area contributed by atoms with Gasteiger partial charge in [-0.2, -0.15) is 0 Å². The summed E-state index contributed by atoms with van der Waals surface area (Å²) in [4.78, 5) is 0.293. The molecule has 5 heteroatoms. The number of hydrogen-bond acceptors (Lipinski definition) is 3. The minimum Gasteiger partial charge on any atom is -0.326 e. The van der Waals surface area contributed by atoms with Crippen LogP contribution in [0.25, 0.3) is 0 Å². The first-order valence-electron chi connectivity index (χ1n) is 7.43. The number of aryl methyl sites for hydroxylation is 1. The lowest BCUT2D eigenvalue weighted by molar-refractivity contribution is 0.263. The van der Waals surface area contributed by atoms with Gasteiger partial charge in [-0.05, 0) is 41.0 Å². The van der Waals surface area contributed by atoms with Gasteiger partial charge >= 0.3 is 0 Å². The van der Waals surface area contributed by atoms with Gasteiger partial charge in [0.1, 0.15) is 0 Å². The van der Waals surface area contributed by atoms with Crippen molar-refractivity contribution in [3.8, 4) is 0 Å². The highest BCUT2D eigenvalue weighted by Gasteiger charge is 2.23. The van der Waals surface area contributed by atoms with Crippen LogP contribution in [0.5, 0.6) is 0 Å². The lowest BCUT2D eigenvalue weighted by atomic mass is 9.82. The SMILES string of the molecule is CCc1ccc(S(=O)(=O)NCC(C)C(C)(C)C)cc1CN.